The first-order chi connectivity index (χ1) is 22.0. The lowest BCUT2D eigenvalue weighted by Gasteiger charge is -2.18. The van der Waals surface area contributed by atoms with Crippen molar-refractivity contribution in [1.82, 2.24) is 0 Å². The summed E-state index contributed by atoms with van der Waals surface area (Å²) < 4.78 is 23.9. The molecule has 5 aromatic carbocycles. The monoisotopic (exact) mass is 678 g/mol. The molecule has 0 saturated carbocycles. The van der Waals surface area contributed by atoms with Crippen molar-refractivity contribution in [2.24, 2.45) is 0 Å². The second-order valence-corrected chi connectivity index (χ2v) is 12.4. The van der Waals surface area contributed by atoms with E-state index in [1.807, 2.05) is 35.6 Å². The number of hydrogen-bond acceptors (Lipinski definition) is 6. The van der Waals surface area contributed by atoms with Gasteiger partial charge in [0.25, 0.3) is 0 Å². The Bertz CT molecular complexity index is 1970. The summed E-state index contributed by atoms with van der Waals surface area (Å²) in [6, 6.07) is 37.6. The predicted molar refractivity (Wildman–Crippen MR) is 186 cm³/mol. The Morgan fingerprint density at radius 2 is 1.47 bits per heavy atom. The summed E-state index contributed by atoms with van der Waals surface area (Å²) in [7, 11) is 4.57. The van der Waals surface area contributed by atoms with Crippen LogP contribution in [0.2, 0.25) is 0 Å². The molecule has 6 aromatic rings. The summed E-state index contributed by atoms with van der Waals surface area (Å²) in [6.45, 7) is -0.228. The number of carbonyl (C=O) groups is 1. The second kappa shape index (κ2) is 13.6. The number of carbonyl (C=O) groups excluding carboxylic acids is 1. The average molecular weight is 680 g/mol. The zero-order chi connectivity index (χ0) is 31.3. The number of halogens is 1. The Morgan fingerprint density at radius 3 is 2.20 bits per heavy atom. The van der Waals surface area contributed by atoms with E-state index in [9.17, 15) is 4.79 Å². The molecule has 0 amide bonds. The van der Waals surface area contributed by atoms with Gasteiger partial charge in [-0.05, 0) is 68.5 Å². The van der Waals surface area contributed by atoms with Crippen molar-refractivity contribution in [2.75, 3.05) is 27.9 Å². The van der Waals surface area contributed by atoms with Gasteiger partial charge in [-0.25, -0.2) is 4.79 Å². The molecular weight excluding hydrogens is 648 g/mol. The molecule has 0 radical (unpaired) electrons. The number of ether oxygens (including phenoxy) is 4. The summed E-state index contributed by atoms with van der Waals surface area (Å²) in [5.41, 5.74) is 7.33. The topological polar surface area (TPSA) is 54.0 Å². The first kappa shape index (κ1) is 30.4. The average Bonchev–Trinajstić information content (AvgIpc) is 3.45. The Balaban J connectivity index is 1.42. The Hall–Kier alpha value is -4.59. The van der Waals surface area contributed by atoms with Crippen LogP contribution in [0.1, 0.15) is 10.4 Å². The molecule has 0 fully saturated rings. The molecule has 0 N–H and O–H groups in total. The van der Waals surface area contributed by atoms with Crippen LogP contribution in [0.4, 0.5) is 0 Å². The van der Waals surface area contributed by atoms with E-state index < -0.39 is 5.97 Å². The fraction of sp³-hybridized carbons (Fsp3) is 0.132. The van der Waals surface area contributed by atoms with E-state index in [0.29, 0.717) is 21.7 Å². The van der Waals surface area contributed by atoms with Crippen molar-refractivity contribution in [1.29, 1.82) is 0 Å². The molecule has 45 heavy (non-hydrogen) atoms. The Morgan fingerprint density at radius 1 is 0.733 bits per heavy atom. The van der Waals surface area contributed by atoms with Gasteiger partial charge in [-0.2, -0.15) is 0 Å². The molecule has 5 nitrogen and oxygen atoms in total. The van der Waals surface area contributed by atoms with Crippen molar-refractivity contribution in [3.8, 4) is 50.6 Å². The van der Waals surface area contributed by atoms with Gasteiger partial charge in [-0.15, -0.1) is 11.3 Å². The van der Waals surface area contributed by atoms with Crippen molar-refractivity contribution >= 4 is 43.3 Å². The highest BCUT2D eigenvalue weighted by molar-refractivity contribution is 9.10. The summed E-state index contributed by atoms with van der Waals surface area (Å²) in [5.74, 6) is 1.33. The third-order valence-corrected chi connectivity index (χ3v) is 9.45. The highest BCUT2D eigenvalue weighted by atomic mass is 79.9. The van der Waals surface area contributed by atoms with E-state index >= 15 is 0 Å². The highest BCUT2D eigenvalue weighted by Crippen LogP contribution is 2.45. The number of hydrogen-bond donors (Lipinski definition) is 0. The molecule has 1 aromatic heterocycles. The highest BCUT2D eigenvalue weighted by Gasteiger charge is 2.20. The minimum atomic E-state index is -0.471. The van der Waals surface area contributed by atoms with Gasteiger partial charge in [-0.1, -0.05) is 72.8 Å². The Kier molecular flexibility index (Phi) is 9.19. The van der Waals surface area contributed by atoms with Gasteiger partial charge in [0.05, 0.1) is 25.8 Å². The smallest absolute Gasteiger partial charge is 0.343 e. The molecule has 7 heteroatoms. The van der Waals surface area contributed by atoms with E-state index in [4.69, 9.17) is 18.9 Å². The molecule has 0 saturated heterocycles. The van der Waals surface area contributed by atoms with Gasteiger partial charge in [0, 0.05) is 44.1 Å². The SMILES string of the molecule is COC(=O)COc1c(Br)cc(-c2ccc(-c3c(Cc4ccccc4)sc4ccccc34)cc2)cc1-c1ccc(OC)cc1OC. The second-order valence-electron chi connectivity index (χ2n) is 10.4. The third kappa shape index (κ3) is 6.46. The van der Waals surface area contributed by atoms with Crippen molar-refractivity contribution in [3.05, 3.63) is 124 Å². The number of thiophene rings is 1. The minimum absolute atomic E-state index is 0.228. The van der Waals surface area contributed by atoms with Crippen LogP contribution in [0.15, 0.2) is 114 Å². The minimum Gasteiger partial charge on any atom is -0.497 e. The quantitative estimate of drug-likeness (QED) is 0.135. The summed E-state index contributed by atoms with van der Waals surface area (Å²) in [4.78, 5) is 13.3. The van der Waals surface area contributed by atoms with Crippen LogP contribution in [0.5, 0.6) is 17.2 Å². The standard InChI is InChI=1S/C38H31BrO5S/c1-41-28-17-18-29(33(22-28)42-2)31-20-27(21-32(39)38(31)44-23-36(40)43-3)25-13-15-26(16-14-25)37-30-11-7-8-12-34(30)45-35(37)19-24-9-5-4-6-10-24/h4-18,20-22H,19,23H2,1-3H3. The normalized spacial score (nSPS) is 10.9. The van der Waals surface area contributed by atoms with Gasteiger partial charge in [0.15, 0.2) is 6.61 Å². The van der Waals surface area contributed by atoms with E-state index in [1.54, 1.807) is 14.2 Å². The molecule has 226 valence electrons. The number of rotatable bonds is 10. The lowest BCUT2D eigenvalue weighted by Crippen LogP contribution is -2.13. The van der Waals surface area contributed by atoms with Gasteiger partial charge in [0.2, 0.25) is 0 Å². The molecule has 6 rings (SSSR count). The number of esters is 1. The Labute approximate surface area is 275 Å². The maximum Gasteiger partial charge on any atom is 0.343 e. The fourth-order valence-corrected chi connectivity index (χ4v) is 7.30. The van der Waals surface area contributed by atoms with Gasteiger partial charge in [-0.3, -0.25) is 0 Å². The molecule has 0 aliphatic rings. The van der Waals surface area contributed by atoms with Crippen LogP contribution in [-0.2, 0) is 16.0 Å². The maximum absolute atomic E-state index is 12.0. The predicted octanol–water partition coefficient (Wildman–Crippen LogP) is 9.82. The van der Waals surface area contributed by atoms with Crippen LogP contribution in [0.25, 0.3) is 43.5 Å². The summed E-state index contributed by atoms with van der Waals surface area (Å²) >= 11 is 5.57. The maximum atomic E-state index is 12.0. The van der Waals surface area contributed by atoms with Crippen molar-refractivity contribution < 1.29 is 23.7 Å². The van der Waals surface area contributed by atoms with E-state index in [-0.39, 0.29) is 6.61 Å². The molecule has 0 spiro atoms. The van der Waals surface area contributed by atoms with Gasteiger partial charge in [0.1, 0.15) is 17.2 Å². The molecule has 0 bridgehead atoms. The van der Waals surface area contributed by atoms with Crippen LogP contribution in [0.3, 0.4) is 0 Å². The van der Waals surface area contributed by atoms with E-state index in [2.05, 4.69) is 101 Å². The lowest BCUT2D eigenvalue weighted by atomic mass is 9.94. The molecule has 1 heterocycles. The molecule has 0 aliphatic heterocycles. The molecule has 0 atom stereocenters. The summed E-state index contributed by atoms with van der Waals surface area (Å²) in [5, 5.41) is 1.27. The number of methoxy groups -OCH3 is 3. The molecule has 0 unspecified atom stereocenters. The first-order valence-corrected chi connectivity index (χ1v) is 16.0. The number of benzene rings is 5. The molecular formula is C38H31BrO5S. The van der Waals surface area contributed by atoms with Crippen LogP contribution in [0, 0.1) is 0 Å². The van der Waals surface area contributed by atoms with Gasteiger partial charge < -0.3 is 18.9 Å². The van der Waals surface area contributed by atoms with Gasteiger partial charge >= 0.3 is 5.97 Å². The molecule has 0 aliphatic carbocycles. The zero-order valence-electron chi connectivity index (χ0n) is 25.1. The zero-order valence-corrected chi connectivity index (χ0v) is 27.5. The summed E-state index contributed by atoms with van der Waals surface area (Å²) in [6.07, 6.45) is 0.879. The largest absolute Gasteiger partial charge is 0.497 e. The fourth-order valence-electron chi connectivity index (χ4n) is 5.47. The third-order valence-electron chi connectivity index (χ3n) is 7.69. The van der Waals surface area contributed by atoms with E-state index in [0.717, 1.165) is 28.7 Å². The van der Waals surface area contributed by atoms with E-state index in [1.165, 1.54) is 38.8 Å². The van der Waals surface area contributed by atoms with Crippen LogP contribution < -0.4 is 14.2 Å². The van der Waals surface area contributed by atoms with Crippen molar-refractivity contribution in [3.63, 3.8) is 0 Å². The van der Waals surface area contributed by atoms with Crippen LogP contribution in [-0.4, -0.2) is 33.9 Å². The van der Waals surface area contributed by atoms with Crippen molar-refractivity contribution in [2.45, 2.75) is 6.42 Å². The first-order valence-electron chi connectivity index (χ1n) is 14.4. The lowest BCUT2D eigenvalue weighted by molar-refractivity contribution is -0.142. The number of fused-ring (bicyclic) bond motifs is 1. The van der Waals surface area contributed by atoms with Crippen LogP contribution >= 0.6 is 27.3 Å².